The molecule has 0 aromatic rings. The molecule has 3 unspecified atom stereocenters. The molecular formula is C69H120N2O7P+. The number of esters is 1. The van der Waals surface area contributed by atoms with Crippen LogP contribution in [0.3, 0.4) is 0 Å². The average molecular weight is 1120 g/mol. The van der Waals surface area contributed by atoms with Crippen LogP contribution in [0.15, 0.2) is 122 Å². The molecule has 10 heteroatoms. The monoisotopic (exact) mass is 1120 g/mol. The Morgan fingerprint density at radius 3 is 1.23 bits per heavy atom. The van der Waals surface area contributed by atoms with E-state index in [0.717, 1.165) is 128 Å². The number of allylic oxidation sites excluding steroid dienone is 19. The lowest BCUT2D eigenvalue weighted by Gasteiger charge is -2.27. The second-order valence-corrected chi connectivity index (χ2v) is 23.6. The van der Waals surface area contributed by atoms with Crippen molar-refractivity contribution in [1.82, 2.24) is 5.32 Å². The smallest absolute Gasteiger partial charge is 0.456 e. The number of carbonyl (C=O) groups is 2. The third-order valence-corrected chi connectivity index (χ3v) is 14.4. The summed E-state index contributed by atoms with van der Waals surface area (Å²) in [6.07, 6.45) is 80.6. The van der Waals surface area contributed by atoms with Crippen molar-refractivity contribution in [3.63, 3.8) is 0 Å². The molecule has 0 aromatic heterocycles. The first kappa shape index (κ1) is 75.4. The highest BCUT2D eigenvalue weighted by Crippen LogP contribution is 2.43. The summed E-state index contributed by atoms with van der Waals surface area (Å²) in [5.41, 5.74) is 0. The number of amides is 1. The van der Waals surface area contributed by atoms with Gasteiger partial charge in [0.15, 0.2) is 0 Å². The van der Waals surface area contributed by atoms with Crippen LogP contribution in [0.4, 0.5) is 0 Å². The van der Waals surface area contributed by atoms with Gasteiger partial charge in [-0.25, -0.2) is 4.57 Å². The van der Waals surface area contributed by atoms with Gasteiger partial charge in [0.1, 0.15) is 19.3 Å². The number of quaternary nitrogens is 1. The summed E-state index contributed by atoms with van der Waals surface area (Å²) in [7, 11) is 1.45. The second-order valence-electron chi connectivity index (χ2n) is 22.2. The van der Waals surface area contributed by atoms with E-state index in [1.54, 1.807) is 0 Å². The van der Waals surface area contributed by atoms with Crippen molar-refractivity contribution >= 4 is 19.7 Å². The fraction of sp³-hybridized carbons (Fsp3) is 0.681. The minimum absolute atomic E-state index is 0.0266. The molecule has 0 radical (unpaired) electrons. The zero-order valence-corrected chi connectivity index (χ0v) is 52.5. The summed E-state index contributed by atoms with van der Waals surface area (Å²) in [6.45, 7) is 6.74. The Bertz CT molecular complexity index is 1770. The van der Waals surface area contributed by atoms with Crippen LogP contribution in [0.2, 0.25) is 0 Å². The maximum absolute atomic E-state index is 13.5. The predicted molar refractivity (Wildman–Crippen MR) is 341 cm³/mol. The van der Waals surface area contributed by atoms with E-state index in [4.69, 9.17) is 13.8 Å². The fourth-order valence-corrected chi connectivity index (χ4v) is 9.28. The molecule has 79 heavy (non-hydrogen) atoms. The van der Waals surface area contributed by atoms with Gasteiger partial charge in [-0.1, -0.05) is 245 Å². The molecule has 0 spiro atoms. The van der Waals surface area contributed by atoms with Gasteiger partial charge in [0.25, 0.3) is 0 Å². The number of carbonyl (C=O) groups excluding carboxylic acids is 2. The molecule has 0 aromatic carbocycles. The molecule has 0 heterocycles. The molecular weight excluding hydrogens is 1000 g/mol. The lowest BCUT2D eigenvalue weighted by molar-refractivity contribution is -0.870. The minimum atomic E-state index is -4.47. The molecule has 0 aliphatic heterocycles. The van der Waals surface area contributed by atoms with Crippen molar-refractivity contribution in [2.24, 2.45) is 0 Å². The van der Waals surface area contributed by atoms with Crippen molar-refractivity contribution in [2.45, 2.75) is 264 Å². The molecule has 0 bridgehead atoms. The van der Waals surface area contributed by atoms with E-state index >= 15 is 0 Å². The zero-order chi connectivity index (χ0) is 57.9. The van der Waals surface area contributed by atoms with Crippen LogP contribution in [0.5, 0.6) is 0 Å². The maximum Gasteiger partial charge on any atom is 0.472 e. The van der Waals surface area contributed by atoms with Gasteiger partial charge in [-0.05, 0) is 115 Å². The number of hydrogen-bond donors (Lipinski definition) is 2. The number of unbranched alkanes of at least 4 members (excludes halogenated alkanes) is 22. The van der Waals surface area contributed by atoms with E-state index in [1.165, 1.54) is 83.5 Å². The van der Waals surface area contributed by atoms with Crippen LogP contribution in [-0.2, 0) is 27.9 Å². The molecule has 1 amide bonds. The van der Waals surface area contributed by atoms with Crippen LogP contribution in [0.1, 0.15) is 252 Å². The first-order chi connectivity index (χ1) is 38.4. The molecule has 0 aliphatic carbocycles. The summed E-state index contributed by atoms with van der Waals surface area (Å²) in [5, 5.41) is 3.03. The largest absolute Gasteiger partial charge is 0.472 e. The van der Waals surface area contributed by atoms with Crippen molar-refractivity contribution in [1.29, 1.82) is 0 Å². The van der Waals surface area contributed by atoms with Crippen molar-refractivity contribution in [2.75, 3.05) is 40.9 Å². The van der Waals surface area contributed by atoms with Crippen molar-refractivity contribution < 1.29 is 37.3 Å². The van der Waals surface area contributed by atoms with Gasteiger partial charge < -0.3 is 19.4 Å². The number of phosphoric ester groups is 1. The highest BCUT2D eigenvalue weighted by Gasteiger charge is 2.30. The van der Waals surface area contributed by atoms with Gasteiger partial charge >= 0.3 is 13.8 Å². The molecule has 0 fully saturated rings. The lowest BCUT2D eigenvalue weighted by atomic mass is 10.0. The number of phosphoric acid groups is 1. The van der Waals surface area contributed by atoms with Crippen LogP contribution in [0.25, 0.3) is 0 Å². The van der Waals surface area contributed by atoms with E-state index in [0.29, 0.717) is 17.4 Å². The number of nitrogens with zero attached hydrogens (tertiary/aromatic N) is 1. The van der Waals surface area contributed by atoms with E-state index in [1.807, 2.05) is 33.3 Å². The fourth-order valence-electron chi connectivity index (χ4n) is 8.55. The topological polar surface area (TPSA) is 111 Å². The Morgan fingerprint density at radius 2 is 0.810 bits per heavy atom. The SMILES string of the molecule is CC/C=C\C/C=C\C/C=C\C/C=C\C/C=C\CCCCCCCCCCCC(=O)OC(/C=C\CCCCCCCCCCCC)C(COP(=O)(O)OCC[N+](C)(C)C)NC(=O)CCCCC/C=C/C/C=C/C/C=C/C/C=C/CC. The first-order valence-corrected chi connectivity index (χ1v) is 33.4. The van der Waals surface area contributed by atoms with Crippen LogP contribution < -0.4 is 5.32 Å². The molecule has 0 saturated carbocycles. The van der Waals surface area contributed by atoms with Crippen LogP contribution in [-0.4, -0.2) is 74.3 Å². The van der Waals surface area contributed by atoms with E-state index < -0.39 is 20.0 Å². The normalized spacial score (nSPS) is 14.5. The number of hydrogen-bond acceptors (Lipinski definition) is 6. The van der Waals surface area contributed by atoms with Gasteiger partial charge in [0.2, 0.25) is 5.91 Å². The Hall–Kier alpha value is -3.59. The average Bonchev–Trinajstić information content (AvgIpc) is 3.41. The Morgan fingerprint density at radius 1 is 0.456 bits per heavy atom. The van der Waals surface area contributed by atoms with Gasteiger partial charge in [0.05, 0.1) is 33.8 Å². The molecule has 452 valence electrons. The molecule has 9 nitrogen and oxygen atoms in total. The summed E-state index contributed by atoms with van der Waals surface area (Å²) >= 11 is 0. The standard InChI is InChI=1S/C69H119N2O7P/c1-7-10-13-16-19-22-25-28-30-32-33-34-35-36-37-38-39-40-42-44-47-50-53-56-59-62-69(73)78-67(60-57-54-51-48-45-27-24-21-18-15-12-9-3)66(65-77-79(74,75)76-64-63-71(4,5)6)70-68(72)61-58-55-52-49-46-43-41-31-29-26-23-20-17-14-11-8-2/h10-11,13-14,19-20,22-23,28-31,33-34,36-37,43,46,57,60,66-67H,7-9,12,15-18,21,24-27,32,35,38-42,44-45,47-56,58-59,61-65H2,1-6H3,(H-,70,72,74,75)/p+1/b13-10-,14-11+,22-19-,23-20+,30-28-,31-29+,34-33-,37-36-,46-43+,60-57-. The minimum Gasteiger partial charge on any atom is -0.456 e. The number of ether oxygens (including phenoxy) is 1. The Balaban J connectivity index is 5.22. The molecule has 3 atom stereocenters. The first-order valence-electron chi connectivity index (χ1n) is 31.9. The van der Waals surface area contributed by atoms with Crippen molar-refractivity contribution in [3.05, 3.63) is 122 Å². The number of likely N-dealkylation sites (N-methyl/N-ethyl adjacent to an activating group) is 1. The third-order valence-electron chi connectivity index (χ3n) is 13.4. The van der Waals surface area contributed by atoms with Crippen LogP contribution in [0, 0.1) is 0 Å². The van der Waals surface area contributed by atoms with E-state index in [9.17, 15) is 19.0 Å². The zero-order valence-electron chi connectivity index (χ0n) is 51.6. The summed E-state index contributed by atoms with van der Waals surface area (Å²) in [4.78, 5) is 37.7. The summed E-state index contributed by atoms with van der Waals surface area (Å²) in [6, 6.07) is -0.876. The Labute approximate surface area is 486 Å². The van der Waals surface area contributed by atoms with Gasteiger partial charge in [-0.15, -0.1) is 0 Å². The summed E-state index contributed by atoms with van der Waals surface area (Å²) < 4.78 is 30.7. The number of nitrogens with one attached hydrogen (secondary N) is 1. The van der Waals surface area contributed by atoms with E-state index in [-0.39, 0.29) is 37.9 Å². The maximum atomic E-state index is 13.5. The molecule has 0 saturated heterocycles. The third kappa shape index (κ3) is 58.9. The second kappa shape index (κ2) is 57.6. The van der Waals surface area contributed by atoms with Crippen LogP contribution >= 0.6 is 7.82 Å². The van der Waals surface area contributed by atoms with Crippen molar-refractivity contribution in [3.8, 4) is 0 Å². The highest BCUT2D eigenvalue weighted by atomic mass is 31.2. The quantitative estimate of drug-likeness (QED) is 0.0205. The molecule has 2 N–H and O–H groups in total. The summed E-state index contributed by atoms with van der Waals surface area (Å²) in [5.74, 6) is -0.555. The molecule has 0 aliphatic rings. The van der Waals surface area contributed by atoms with Gasteiger partial charge in [-0.2, -0.15) is 0 Å². The van der Waals surface area contributed by atoms with Gasteiger partial charge in [0, 0.05) is 12.8 Å². The number of rotatable bonds is 56. The lowest BCUT2D eigenvalue weighted by Crippen LogP contribution is -2.47. The van der Waals surface area contributed by atoms with Gasteiger partial charge in [-0.3, -0.25) is 18.6 Å². The highest BCUT2D eigenvalue weighted by molar-refractivity contribution is 7.47. The van der Waals surface area contributed by atoms with E-state index in [2.05, 4.69) is 135 Å². The molecule has 0 rings (SSSR count). The Kier molecular flexibility index (Phi) is 55.0. The predicted octanol–water partition coefficient (Wildman–Crippen LogP) is 19.9.